The molecule has 0 bridgehead atoms. The van der Waals surface area contributed by atoms with Crippen LogP contribution in [0.3, 0.4) is 0 Å². The molecule has 3 fully saturated rings. The van der Waals surface area contributed by atoms with Crippen LogP contribution in [0.25, 0.3) is 0 Å². The molecule has 0 aromatic heterocycles. The molecule has 0 aliphatic carbocycles. The number of allylic oxidation sites excluding steroid dienone is 5. The van der Waals surface area contributed by atoms with Crippen molar-refractivity contribution in [3.63, 3.8) is 0 Å². The fourth-order valence-electron chi connectivity index (χ4n) is 12.5. The Morgan fingerprint density at radius 3 is 1.12 bits per heavy atom. The van der Waals surface area contributed by atoms with E-state index in [0.29, 0.717) is 6.42 Å². The molecule has 17 atom stereocenters. The summed E-state index contributed by atoms with van der Waals surface area (Å²) < 4.78 is 34.4. The van der Waals surface area contributed by atoms with Gasteiger partial charge in [0.25, 0.3) is 0 Å². The molecule has 1 amide bonds. The van der Waals surface area contributed by atoms with Crippen LogP contribution < -0.4 is 5.32 Å². The highest BCUT2D eigenvalue weighted by molar-refractivity contribution is 5.76. The molecule has 0 spiro atoms. The van der Waals surface area contributed by atoms with Crippen LogP contribution in [-0.4, -0.2) is 193 Å². The van der Waals surface area contributed by atoms with E-state index in [1.54, 1.807) is 6.08 Å². The minimum atomic E-state index is -1.98. The van der Waals surface area contributed by atoms with Gasteiger partial charge >= 0.3 is 0 Å². The number of nitrogens with one attached hydrogen (secondary N) is 1. The Kier molecular flexibility index (Phi) is 49.5. The second-order valence-electron chi connectivity index (χ2n) is 26.4. The Bertz CT molecular complexity index is 1790. The smallest absolute Gasteiger partial charge is 0.220 e. The van der Waals surface area contributed by atoms with Crippen LogP contribution >= 0.6 is 0 Å². The first kappa shape index (κ1) is 83.2. The largest absolute Gasteiger partial charge is 0.394 e. The van der Waals surface area contributed by atoms with Gasteiger partial charge < -0.3 is 89.9 Å². The molecule has 0 aromatic carbocycles. The van der Waals surface area contributed by atoms with Crippen molar-refractivity contribution in [2.24, 2.45) is 0 Å². The molecule has 19 nitrogen and oxygen atoms in total. The van der Waals surface area contributed by atoms with Crippen molar-refractivity contribution in [2.75, 3.05) is 26.4 Å². The standard InChI is InChI=1S/C72H133NO18/c1-3-5-7-9-11-13-15-17-19-21-23-25-26-27-28-30-31-33-35-37-39-41-43-45-47-49-56(77)55(73-60(78)50-48-46-44-42-40-38-36-34-32-29-24-22-20-18-16-14-12-10-8-6-4-2)54-86-70-66(84)63(81)68(58(52-75)88-70)91-72-67(85)64(82)69(59(53-76)89-72)90-71-65(83)62(80)61(79)57(51-74)87-71/h16,18,22,24,47,49,55-59,61-72,74-77,79-85H,3-15,17,19-21,23,25-46,48,50-54H2,1-2H3,(H,73,78)/b18-16-,24-22-,49-47+. The Hall–Kier alpha value is -1.99. The van der Waals surface area contributed by atoms with E-state index in [1.807, 2.05) is 6.08 Å². The third kappa shape index (κ3) is 35.7. The molecular weight excluding hydrogens is 1170 g/mol. The number of ether oxygens (including phenoxy) is 6. The molecule has 0 saturated carbocycles. The maximum Gasteiger partial charge on any atom is 0.220 e. The van der Waals surface area contributed by atoms with Crippen LogP contribution in [0.1, 0.15) is 284 Å². The highest BCUT2D eigenvalue weighted by Gasteiger charge is 2.53. The maximum absolute atomic E-state index is 13.4. The lowest BCUT2D eigenvalue weighted by molar-refractivity contribution is -0.379. The van der Waals surface area contributed by atoms with Crippen LogP contribution in [0.2, 0.25) is 0 Å². The van der Waals surface area contributed by atoms with Crippen LogP contribution in [-0.2, 0) is 33.2 Å². The molecule has 3 saturated heterocycles. The summed E-state index contributed by atoms with van der Waals surface area (Å²) in [6, 6.07) is -0.976. The van der Waals surface area contributed by atoms with Gasteiger partial charge in [0.05, 0.1) is 38.6 Å². The molecule has 3 rings (SSSR count). The fourth-order valence-corrected chi connectivity index (χ4v) is 12.5. The van der Waals surface area contributed by atoms with Gasteiger partial charge in [0.2, 0.25) is 5.91 Å². The third-order valence-corrected chi connectivity index (χ3v) is 18.4. The van der Waals surface area contributed by atoms with Crippen LogP contribution in [0.15, 0.2) is 36.5 Å². The number of aliphatic hydroxyl groups is 11. The van der Waals surface area contributed by atoms with E-state index in [2.05, 4.69) is 43.5 Å². The van der Waals surface area contributed by atoms with Gasteiger partial charge in [0.15, 0.2) is 18.9 Å². The molecular formula is C72H133NO18. The normalized spacial score (nSPS) is 28.0. The van der Waals surface area contributed by atoms with Gasteiger partial charge in [-0.25, -0.2) is 0 Å². The second kappa shape index (κ2) is 54.1. The number of unbranched alkanes of at least 4 members (excludes halogenated alkanes) is 37. The van der Waals surface area contributed by atoms with Crippen molar-refractivity contribution >= 4 is 5.91 Å². The Balaban J connectivity index is 1.43. The second-order valence-corrected chi connectivity index (χ2v) is 26.4. The molecule has 12 N–H and O–H groups in total. The van der Waals surface area contributed by atoms with E-state index in [0.717, 1.165) is 64.2 Å². The van der Waals surface area contributed by atoms with Gasteiger partial charge in [-0.1, -0.05) is 262 Å². The van der Waals surface area contributed by atoms with Gasteiger partial charge in [0.1, 0.15) is 73.2 Å². The van der Waals surface area contributed by atoms with Gasteiger partial charge in [-0.05, 0) is 51.4 Å². The molecule has 91 heavy (non-hydrogen) atoms. The maximum atomic E-state index is 13.4. The van der Waals surface area contributed by atoms with Crippen molar-refractivity contribution in [1.29, 1.82) is 0 Å². The first-order chi connectivity index (χ1) is 44.3. The quantitative estimate of drug-likeness (QED) is 0.0199. The summed E-state index contributed by atoms with van der Waals surface area (Å²) >= 11 is 0. The van der Waals surface area contributed by atoms with E-state index in [1.165, 1.54) is 193 Å². The molecule has 17 unspecified atom stereocenters. The number of carbonyl (C=O) groups is 1. The number of amides is 1. The molecule has 19 heteroatoms. The van der Waals surface area contributed by atoms with Gasteiger partial charge in [-0.3, -0.25) is 4.79 Å². The summed E-state index contributed by atoms with van der Waals surface area (Å²) in [5.41, 5.74) is 0. The van der Waals surface area contributed by atoms with Crippen molar-refractivity contribution in [3.05, 3.63) is 36.5 Å². The number of carbonyl (C=O) groups excluding carboxylic acids is 1. The third-order valence-electron chi connectivity index (χ3n) is 18.4. The van der Waals surface area contributed by atoms with Crippen LogP contribution in [0.5, 0.6) is 0 Å². The average Bonchev–Trinajstić information content (AvgIpc) is 0.883. The van der Waals surface area contributed by atoms with Crippen LogP contribution in [0.4, 0.5) is 0 Å². The SMILES string of the molecule is CCCCCCC/C=C\C/C=C\CCCCCCCCCCCC(=O)NC(COC1OC(CO)C(OC2OC(CO)C(OC3OC(CO)C(O)C(O)C3O)C(O)C2O)C(O)C1O)C(O)/C=C/CCCCCCCCCCCCCCCCCCCCCCCCC. The lowest BCUT2D eigenvalue weighted by Gasteiger charge is -2.48. The summed E-state index contributed by atoms with van der Waals surface area (Å²) in [6.07, 6.45) is 36.8. The predicted molar refractivity (Wildman–Crippen MR) is 356 cm³/mol. The number of hydrogen-bond donors (Lipinski definition) is 12. The van der Waals surface area contributed by atoms with E-state index in [-0.39, 0.29) is 18.9 Å². The lowest BCUT2D eigenvalue weighted by atomic mass is 9.96. The number of rotatable bonds is 57. The first-order valence-electron chi connectivity index (χ1n) is 36.7. The molecule has 3 heterocycles. The Morgan fingerprint density at radius 2 is 0.725 bits per heavy atom. The van der Waals surface area contributed by atoms with Crippen molar-refractivity contribution < 1.29 is 89.4 Å². The topological polar surface area (TPSA) is 307 Å². The average molecular weight is 1300 g/mol. The highest BCUT2D eigenvalue weighted by Crippen LogP contribution is 2.33. The van der Waals surface area contributed by atoms with Crippen molar-refractivity contribution in [1.82, 2.24) is 5.32 Å². The summed E-state index contributed by atoms with van der Waals surface area (Å²) in [5.74, 6) is -0.277. The molecule has 3 aliphatic heterocycles. The van der Waals surface area contributed by atoms with Crippen molar-refractivity contribution in [3.8, 4) is 0 Å². The summed E-state index contributed by atoms with van der Waals surface area (Å²) in [4.78, 5) is 13.4. The Morgan fingerprint density at radius 1 is 0.396 bits per heavy atom. The minimum absolute atomic E-state index is 0.239. The first-order valence-corrected chi connectivity index (χ1v) is 36.7. The van der Waals surface area contributed by atoms with Gasteiger partial charge in [0, 0.05) is 6.42 Å². The molecule has 534 valence electrons. The van der Waals surface area contributed by atoms with E-state index in [9.17, 15) is 61.0 Å². The predicted octanol–water partition coefficient (Wildman–Crippen LogP) is 10.4. The fraction of sp³-hybridized carbons (Fsp3) is 0.903. The molecule has 0 aromatic rings. The van der Waals surface area contributed by atoms with E-state index in [4.69, 9.17) is 28.4 Å². The zero-order valence-corrected chi connectivity index (χ0v) is 56.6. The number of hydrogen-bond acceptors (Lipinski definition) is 18. The van der Waals surface area contributed by atoms with Gasteiger partial charge in [-0.15, -0.1) is 0 Å². The number of aliphatic hydroxyl groups excluding tert-OH is 11. The Labute approximate surface area is 549 Å². The lowest BCUT2D eigenvalue weighted by Crippen LogP contribution is -2.66. The molecule has 0 radical (unpaired) electrons. The monoisotopic (exact) mass is 1300 g/mol. The highest BCUT2D eigenvalue weighted by atomic mass is 16.8. The van der Waals surface area contributed by atoms with E-state index < -0.39 is 124 Å². The van der Waals surface area contributed by atoms with Gasteiger partial charge in [-0.2, -0.15) is 0 Å². The summed E-state index contributed by atoms with van der Waals surface area (Å²) in [5, 5.41) is 121. The summed E-state index contributed by atoms with van der Waals surface area (Å²) in [6.45, 7) is 1.75. The van der Waals surface area contributed by atoms with E-state index >= 15 is 0 Å². The minimum Gasteiger partial charge on any atom is -0.394 e. The van der Waals surface area contributed by atoms with Crippen LogP contribution in [0, 0.1) is 0 Å². The summed E-state index contributed by atoms with van der Waals surface area (Å²) in [7, 11) is 0. The van der Waals surface area contributed by atoms with Crippen molar-refractivity contribution in [2.45, 2.75) is 388 Å². The zero-order chi connectivity index (χ0) is 66.1. The molecule has 3 aliphatic rings. The zero-order valence-electron chi connectivity index (χ0n) is 56.6.